The molecule has 1 rings (SSSR count). The second kappa shape index (κ2) is 5.87. The van der Waals surface area contributed by atoms with Crippen LogP contribution in [0.2, 0.25) is 5.15 Å². The molecule has 0 bridgehead atoms. The average molecular weight is 257 g/mol. The first-order chi connectivity index (χ1) is 8.01. The lowest BCUT2D eigenvalue weighted by Crippen LogP contribution is -2.19. The van der Waals surface area contributed by atoms with E-state index in [-0.39, 0.29) is 5.97 Å². The SMILES string of the molecule is CCOC(=O)c1cc(N(C)CC)nc(Cl)c1C. The minimum atomic E-state index is -0.361. The van der Waals surface area contributed by atoms with Crippen LogP contribution in [0.1, 0.15) is 29.8 Å². The minimum Gasteiger partial charge on any atom is -0.462 e. The molecule has 0 fully saturated rings. The highest BCUT2D eigenvalue weighted by Crippen LogP contribution is 2.23. The van der Waals surface area contributed by atoms with Crippen molar-refractivity contribution in [3.8, 4) is 0 Å². The van der Waals surface area contributed by atoms with E-state index in [0.29, 0.717) is 28.7 Å². The molecule has 0 aliphatic carbocycles. The summed E-state index contributed by atoms with van der Waals surface area (Å²) in [5.41, 5.74) is 1.13. The molecule has 1 aromatic rings. The van der Waals surface area contributed by atoms with E-state index >= 15 is 0 Å². The number of aromatic nitrogens is 1. The fraction of sp³-hybridized carbons (Fsp3) is 0.500. The van der Waals surface area contributed by atoms with Crippen LogP contribution in [0.25, 0.3) is 0 Å². The number of pyridine rings is 1. The van der Waals surface area contributed by atoms with Gasteiger partial charge in [-0.25, -0.2) is 9.78 Å². The van der Waals surface area contributed by atoms with Gasteiger partial charge in [0.05, 0.1) is 12.2 Å². The van der Waals surface area contributed by atoms with Gasteiger partial charge in [-0.1, -0.05) is 11.6 Å². The summed E-state index contributed by atoms with van der Waals surface area (Å²) >= 11 is 6.02. The van der Waals surface area contributed by atoms with E-state index in [1.54, 1.807) is 19.9 Å². The second-order valence-corrected chi connectivity index (χ2v) is 4.04. The number of anilines is 1. The third kappa shape index (κ3) is 3.09. The molecule has 0 aliphatic rings. The molecule has 1 aromatic heterocycles. The molecule has 0 saturated carbocycles. The van der Waals surface area contributed by atoms with Gasteiger partial charge in [0.1, 0.15) is 11.0 Å². The summed E-state index contributed by atoms with van der Waals surface area (Å²) in [6.45, 7) is 6.66. The third-order valence-corrected chi connectivity index (χ3v) is 2.93. The van der Waals surface area contributed by atoms with Crippen LogP contribution >= 0.6 is 11.6 Å². The van der Waals surface area contributed by atoms with Crippen molar-refractivity contribution in [3.63, 3.8) is 0 Å². The summed E-state index contributed by atoms with van der Waals surface area (Å²) < 4.78 is 4.99. The zero-order valence-corrected chi connectivity index (χ0v) is 11.3. The normalized spacial score (nSPS) is 10.2. The van der Waals surface area contributed by atoms with Gasteiger partial charge in [-0.15, -0.1) is 0 Å². The number of hydrogen-bond acceptors (Lipinski definition) is 4. The van der Waals surface area contributed by atoms with Gasteiger partial charge >= 0.3 is 5.97 Å². The highest BCUT2D eigenvalue weighted by atomic mass is 35.5. The molecule has 4 nitrogen and oxygen atoms in total. The molecule has 0 amide bonds. The Labute approximate surface area is 107 Å². The van der Waals surface area contributed by atoms with E-state index in [4.69, 9.17) is 16.3 Å². The fourth-order valence-corrected chi connectivity index (χ4v) is 1.53. The Morgan fingerprint density at radius 1 is 1.53 bits per heavy atom. The van der Waals surface area contributed by atoms with E-state index in [1.165, 1.54) is 0 Å². The van der Waals surface area contributed by atoms with Crippen molar-refractivity contribution in [1.82, 2.24) is 4.98 Å². The molecule has 94 valence electrons. The van der Waals surface area contributed by atoms with Gasteiger partial charge in [0, 0.05) is 19.2 Å². The first-order valence-electron chi connectivity index (χ1n) is 5.56. The van der Waals surface area contributed by atoms with Crippen molar-refractivity contribution in [2.24, 2.45) is 0 Å². The van der Waals surface area contributed by atoms with Gasteiger partial charge in [0.15, 0.2) is 0 Å². The Kier molecular flexibility index (Phi) is 4.75. The Morgan fingerprint density at radius 2 is 2.18 bits per heavy atom. The van der Waals surface area contributed by atoms with Crippen LogP contribution in [-0.4, -0.2) is 31.2 Å². The number of rotatable bonds is 4. The van der Waals surface area contributed by atoms with Gasteiger partial charge in [-0.05, 0) is 26.8 Å². The maximum atomic E-state index is 11.8. The molecule has 0 atom stereocenters. The minimum absolute atomic E-state index is 0.339. The Hall–Kier alpha value is -1.29. The standard InChI is InChI=1S/C12H17ClN2O2/c1-5-15(4)10-7-9(12(16)17-6-2)8(3)11(13)14-10/h7H,5-6H2,1-4H3. The van der Waals surface area contributed by atoms with Gasteiger partial charge in [0.2, 0.25) is 0 Å². The monoisotopic (exact) mass is 256 g/mol. The highest BCUT2D eigenvalue weighted by molar-refractivity contribution is 6.30. The second-order valence-electron chi connectivity index (χ2n) is 3.68. The van der Waals surface area contributed by atoms with Crippen molar-refractivity contribution >= 4 is 23.4 Å². The lowest BCUT2D eigenvalue weighted by atomic mass is 10.1. The molecular weight excluding hydrogens is 240 g/mol. The van der Waals surface area contributed by atoms with Crippen LogP contribution in [0, 0.1) is 6.92 Å². The maximum absolute atomic E-state index is 11.8. The predicted molar refractivity (Wildman–Crippen MR) is 68.9 cm³/mol. The summed E-state index contributed by atoms with van der Waals surface area (Å²) in [4.78, 5) is 17.9. The number of halogens is 1. The third-order valence-electron chi connectivity index (χ3n) is 2.56. The summed E-state index contributed by atoms with van der Waals surface area (Å²) in [6.07, 6.45) is 0. The number of carbonyl (C=O) groups excluding carboxylic acids is 1. The molecule has 0 saturated heterocycles. The van der Waals surface area contributed by atoms with Crippen molar-refractivity contribution < 1.29 is 9.53 Å². The molecule has 0 N–H and O–H groups in total. The van der Waals surface area contributed by atoms with E-state index in [0.717, 1.165) is 6.54 Å². The lowest BCUT2D eigenvalue weighted by molar-refractivity contribution is 0.0525. The van der Waals surface area contributed by atoms with E-state index in [9.17, 15) is 4.79 Å². The number of nitrogens with zero attached hydrogens (tertiary/aromatic N) is 2. The van der Waals surface area contributed by atoms with Crippen molar-refractivity contribution in [1.29, 1.82) is 0 Å². The van der Waals surface area contributed by atoms with Crippen molar-refractivity contribution in [2.75, 3.05) is 25.1 Å². The van der Waals surface area contributed by atoms with Gasteiger partial charge in [-0.3, -0.25) is 0 Å². The molecule has 0 radical (unpaired) electrons. The van der Waals surface area contributed by atoms with E-state index in [1.807, 2.05) is 18.9 Å². The van der Waals surface area contributed by atoms with Crippen molar-refractivity contribution in [3.05, 3.63) is 22.3 Å². The van der Waals surface area contributed by atoms with Crippen molar-refractivity contribution in [2.45, 2.75) is 20.8 Å². The Morgan fingerprint density at radius 3 is 2.71 bits per heavy atom. The van der Waals surface area contributed by atoms with Gasteiger partial charge in [-0.2, -0.15) is 0 Å². The number of carbonyl (C=O) groups is 1. The molecule has 1 heterocycles. The molecule has 17 heavy (non-hydrogen) atoms. The summed E-state index contributed by atoms with van der Waals surface area (Å²) in [6, 6.07) is 1.71. The van der Waals surface area contributed by atoms with Crippen LogP contribution in [-0.2, 0) is 4.74 Å². The fourth-order valence-electron chi connectivity index (χ4n) is 1.34. The van der Waals surface area contributed by atoms with Crippen LogP contribution < -0.4 is 4.90 Å². The zero-order valence-electron chi connectivity index (χ0n) is 10.6. The van der Waals surface area contributed by atoms with Crippen LogP contribution in [0.3, 0.4) is 0 Å². The van der Waals surface area contributed by atoms with Crippen LogP contribution in [0.4, 0.5) is 5.82 Å². The van der Waals surface area contributed by atoms with Gasteiger partial charge < -0.3 is 9.64 Å². The maximum Gasteiger partial charge on any atom is 0.338 e. The molecule has 0 aliphatic heterocycles. The quantitative estimate of drug-likeness (QED) is 0.614. The number of hydrogen-bond donors (Lipinski definition) is 0. The molecule has 5 heteroatoms. The summed E-state index contributed by atoms with van der Waals surface area (Å²) in [7, 11) is 1.89. The Bertz CT molecular complexity index is 421. The predicted octanol–water partition coefficient (Wildman–Crippen LogP) is 2.68. The van der Waals surface area contributed by atoms with Crippen LogP contribution in [0.5, 0.6) is 0 Å². The van der Waals surface area contributed by atoms with Crippen LogP contribution in [0.15, 0.2) is 6.07 Å². The lowest BCUT2D eigenvalue weighted by Gasteiger charge is -2.17. The van der Waals surface area contributed by atoms with E-state index in [2.05, 4.69) is 4.98 Å². The number of esters is 1. The first-order valence-corrected chi connectivity index (χ1v) is 5.94. The molecule has 0 aromatic carbocycles. The number of ether oxygens (including phenoxy) is 1. The topological polar surface area (TPSA) is 42.4 Å². The smallest absolute Gasteiger partial charge is 0.338 e. The molecule has 0 spiro atoms. The summed E-state index contributed by atoms with van der Waals surface area (Å²) in [5.74, 6) is 0.311. The Balaban J connectivity index is 3.20. The summed E-state index contributed by atoms with van der Waals surface area (Å²) in [5, 5.41) is 0.339. The van der Waals surface area contributed by atoms with E-state index < -0.39 is 0 Å². The highest BCUT2D eigenvalue weighted by Gasteiger charge is 2.16. The van der Waals surface area contributed by atoms with Gasteiger partial charge in [0.25, 0.3) is 0 Å². The largest absolute Gasteiger partial charge is 0.462 e. The molecule has 0 unspecified atom stereocenters. The molecular formula is C12H17ClN2O2. The average Bonchev–Trinajstić information content (AvgIpc) is 2.31. The zero-order chi connectivity index (χ0) is 13.0. The first kappa shape index (κ1) is 13.8.